The van der Waals surface area contributed by atoms with Gasteiger partial charge in [-0.3, -0.25) is 0 Å². The van der Waals surface area contributed by atoms with Gasteiger partial charge in [0.15, 0.2) is 0 Å². The van der Waals surface area contributed by atoms with E-state index >= 15 is 0 Å². The normalized spacial score (nSPS) is 7.50. The molecule has 0 radical (unpaired) electrons. The molecule has 1 rings (SSSR count). The Labute approximate surface area is 42.2 Å². The van der Waals surface area contributed by atoms with Crippen LogP contribution in [0.4, 0.5) is 0 Å². The maximum atomic E-state index is 8.63. The quantitative estimate of drug-likeness (QED) is 0.741. The third-order valence-electron chi connectivity index (χ3n) is 0.756. The third-order valence-corrected chi connectivity index (χ3v) is 0.756. The van der Waals surface area contributed by atoms with E-state index < -0.39 is 0 Å². The van der Waals surface area contributed by atoms with Crippen molar-refractivity contribution in [1.82, 2.24) is 0 Å². The van der Waals surface area contributed by atoms with Crippen LogP contribution in [0.5, 0.6) is 5.75 Å². The van der Waals surface area contributed by atoms with E-state index in [0.717, 1.165) is 0 Å². The van der Waals surface area contributed by atoms with Crippen LogP contribution >= 0.6 is 0 Å². The van der Waals surface area contributed by atoms with Gasteiger partial charge in [-0.25, -0.2) is 0 Å². The molecule has 0 aliphatic heterocycles. The molecule has 0 saturated carbocycles. The van der Waals surface area contributed by atoms with E-state index in [2.05, 4.69) is 0 Å². The zero-order chi connectivity index (χ0) is 5.11. The van der Waals surface area contributed by atoms with Crippen molar-refractivity contribution in [1.29, 1.82) is 0 Å². The zero-order valence-electron chi connectivity index (χ0n) is 4.54. The molecular formula is C6H6ORf. The summed E-state index contributed by atoms with van der Waals surface area (Å²) in [5.41, 5.74) is 0. The van der Waals surface area contributed by atoms with Gasteiger partial charge in [-0.15, -0.1) is 0 Å². The van der Waals surface area contributed by atoms with E-state index in [4.69, 9.17) is 5.11 Å². The molecule has 0 spiro atoms. The Kier molecular flexibility index (Phi) is 1.68. The van der Waals surface area contributed by atoms with Crippen LogP contribution in [0.1, 0.15) is 0 Å². The molecule has 0 aliphatic rings. The molecule has 0 aliphatic carbocycles. The molecule has 1 aromatic rings. The summed E-state index contributed by atoms with van der Waals surface area (Å²) in [6.07, 6.45) is 0. The minimum absolute atomic E-state index is 0. The van der Waals surface area contributed by atoms with Crippen LogP contribution in [-0.2, 0) is 0 Å². The molecule has 1 aromatic carbocycles. The maximum Gasteiger partial charge on any atom is 0.115 e. The first-order valence-corrected chi connectivity index (χ1v) is 2.13. The predicted octanol–water partition coefficient (Wildman–Crippen LogP) is 1.39. The second-order valence-corrected chi connectivity index (χ2v) is 1.34. The van der Waals surface area contributed by atoms with E-state index in [1.54, 1.807) is 24.3 Å². The summed E-state index contributed by atoms with van der Waals surface area (Å²) < 4.78 is 0. The van der Waals surface area contributed by atoms with Crippen molar-refractivity contribution in [2.75, 3.05) is 0 Å². The van der Waals surface area contributed by atoms with E-state index in [0.29, 0.717) is 5.75 Å². The predicted molar refractivity (Wildman–Crippen MR) is 28.1 cm³/mol. The summed E-state index contributed by atoms with van der Waals surface area (Å²) in [6, 6.07) is 8.71. The van der Waals surface area contributed by atoms with Crippen molar-refractivity contribution < 1.29 is 5.11 Å². The standard InChI is InChI=1S/C6H6O.Rf/c7-6-4-2-1-3-5-6;/h1-5,7H;. The number of para-hydroxylation sites is 1. The zero-order valence-corrected chi connectivity index (χ0v) is 10.9. The van der Waals surface area contributed by atoms with Crippen molar-refractivity contribution in [3.05, 3.63) is 30.3 Å². The number of rotatable bonds is 0. The molecule has 8 heavy (non-hydrogen) atoms. The fourth-order valence-corrected chi connectivity index (χ4v) is 0.428. The van der Waals surface area contributed by atoms with Crippen LogP contribution in [-0.4, -0.2) is 5.11 Å². The van der Waals surface area contributed by atoms with Crippen LogP contribution in [0.25, 0.3) is 0 Å². The fourth-order valence-electron chi connectivity index (χ4n) is 0.428. The Morgan fingerprint density at radius 2 is 1.50 bits per heavy atom. The first-order chi connectivity index (χ1) is 3.39. The molecule has 0 heterocycles. The largest absolute Gasteiger partial charge is 0.508 e. The van der Waals surface area contributed by atoms with Gasteiger partial charge in [0.1, 0.15) is 5.75 Å². The number of benzene rings is 1. The van der Waals surface area contributed by atoms with Crippen molar-refractivity contribution in [2.45, 2.75) is 0 Å². The molecule has 0 bridgehead atoms. The molecule has 1 N–H and O–H groups in total. The van der Waals surface area contributed by atoms with Gasteiger partial charge >= 0.3 is 0 Å². The van der Waals surface area contributed by atoms with Crippen molar-refractivity contribution in [2.24, 2.45) is 0 Å². The van der Waals surface area contributed by atoms with E-state index in [-0.39, 0.29) is 0 Å². The third kappa shape index (κ3) is 1.01. The Morgan fingerprint density at radius 3 is 1.75 bits per heavy atom. The summed E-state index contributed by atoms with van der Waals surface area (Å²) in [4.78, 5) is 0. The van der Waals surface area contributed by atoms with Crippen LogP contribution in [0.15, 0.2) is 30.3 Å². The van der Waals surface area contributed by atoms with Crippen molar-refractivity contribution in [3.63, 3.8) is 0 Å². The minimum atomic E-state index is 0. The first-order valence-electron chi connectivity index (χ1n) is 2.13. The SMILES string of the molecule is Oc1ccccc1.[Rf]. The topological polar surface area (TPSA) is 20.2 Å². The summed E-state index contributed by atoms with van der Waals surface area (Å²) in [5.74, 6) is 0.322. The second-order valence-electron chi connectivity index (χ2n) is 1.34. The maximum absolute atomic E-state index is 8.63. The molecule has 0 unspecified atom stereocenters. The number of hydrogen-bond acceptors (Lipinski definition) is 1. The molecule has 0 amide bonds. The molecule has 0 aromatic heterocycles. The Hall–Kier alpha value is -1.98. The molecule has 0 saturated heterocycles. The average Bonchev–Trinajstić information content (AvgIpc) is 1.69. The number of phenols is 1. The monoisotopic (exact) mass is 361 g/mol. The molecular weight excluding hydrogens is 355 g/mol. The van der Waals surface area contributed by atoms with Gasteiger partial charge in [0, 0.05) is 0 Å². The summed E-state index contributed by atoms with van der Waals surface area (Å²) in [6.45, 7) is 0. The van der Waals surface area contributed by atoms with Crippen molar-refractivity contribution in [3.8, 4) is 5.75 Å². The molecule has 1 nitrogen and oxygen atoms in total. The fraction of sp³-hybridized carbons (Fsp3) is 0. The van der Waals surface area contributed by atoms with Gasteiger partial charge < -0.3 is 5.11 Å². The number of aromatic hydroxyl groups is 1. The van der Waals surface area contributed by atoms with Crippen LogP contribution in [0.2, 0.25) is 0 Å². The van der Waals surface area contributed by atoms with E-state index in [1.807, 2.05) is 6.07 Å². The minimum Gasteiger partial charge on any atom is -0.508 e. The second kappa shape index (κ2) is 2.24. The van der Waals surface area contributed by atoms with Gasteiger partial charge in [0.25, 0.3) is 0 Å². The Bertz CT molecular complexity index is 138. The van der Waals surface area contributed by atoms with Gasteiger partial charge in [-0.1, -0.05) is 18.2 Å². The van der Waals surface area contributed by atoms with Gasteiger partial charge in [-0.05, 0) is 12.1 Å². The number of phenolic OH excluding ortho intramolecular Hbond substituents is 1. The summed E-state index contributed by atoms with van der Waals surface area (Å²) in [5, 5.41) is 8.63. The van der Waals surface area contributed by atoms with Crippen LogP contribution in [0, 0.1) is 0 Å². The average molecular weight is 361 g/mol. The number of hydrogen-bond donors (Lipinski definition) is 1. The summed E-state index contributed by atoms with van der Waals surface area (Å²) >= 11 is 0. The Balaban J connectivity index is 0.000000490. The van der Waals surface area contributed by atoms with Gasteiger partial charge in [0.05, 0.1) is 0 Å². The van der Waals surface area contributed by atoms with E-state index in [9.17, 15) is 0 Å². The smallest absolute Gasteiger partial charge is 0.115 e. The summed E-state index contributed by atoms with van der Waals surface area (Å²) in [7, 11) is 0. The van der Waals surface area contributed by atoms with Crippen LogP contribution < -0.4 is 0 Å². The Morgan fingerprint density at radius 1 is 1.00 bits per heavy atom. The van der Waals surface area contributed by atoms with Gasteiger partial charge in [-0.2, -0.15) is 0 Å². The van der Waals surface area contributed by atoms with Crippen molar-refractivity contribution >= 4 is 0 Å². The van der Waals surface area contributed by atoms with Crippen LogP contribution in [0.3, 0.4) is 0 Å². The molecule has 38 valence electrons. The molecule has 0 atom stereocenters. The van der Waals surface area contributed by atoms with E-state index in [1.165, 1.54) is 0 Å². The molecule has 2 heteroatoms. The first kappa shape index (κ1) is 6.02. The molecule has 0 fully saturated rings. The van der Waals surface area contributed by atoms with Gasteiger partial charge in [0.2, 0.25) is 0 Å².